The van der Waals surface area contributed by atoms with Gasteiger partial charge in [0, 0.05) is 35.8 Å². The summed E-state index contributed by atoms with van der Waals surface area (Å²) in [5.41, 5.74) is 9.22. The molecule has 1 atom stereocenters. The van der Waals surface area contributed by atoms with E-state index in [0.717, 1.165) is 11.1 Å². The van der Waals surface area contributed by atoms with E-state index in [9.17, 15) is 14.7 Å². The van der Waals surface area contributed by atoms with Crippen molar-refractivity contribution in [2.45, 2.75) is 19.0 Å². The first-order valence-electron chi connectivity index (χ1n) is 13.5. The lowest BCUT2D eigenvalue weighted by Gasteiger charge is -2.24. The summed E-state index contributed by atoms with van der Waals surface area (Å²) in [6.45, 7) is 0.516. The number of anilines is 1. The molecule has 1 amide bonds. The van der Waals surface area contributed by atoms with Crippen LogP contribution in [0.25, 0.3) is 0 Å². The van der Waals surface area contributed by atoms with Gasteiger partial charge in [0.25, 0.3) is 0 Å². The van der Waals surface area contributed by atoms with Gasteiger partial charge in [-0.3, -0.25) is 10.2 Å². The molecule has 0 fully saturated rings. The molecule has 1 unspecified atom stereocenters. The Kier molecular flexibility index (Phi) is 10.2. The molecule has 0 aliphatic carbocycles. The summed E-state index contributed by atoms with van der Waals surface area (Å²) < 4.78 is 17.3. The Bertz CT molecular complexity index is 1570. The lowest BCUT2D eigenvalue weighted by molar-refractivity contribution is -0.122. The predicted octanol–water partition coefficient (Wildman–Crippen LogP) is 4.78. The Balaban J connectivity index is 1.67. The molecule has 0 saturated carbocycles. The fraction of sp³-hybridized carbons (Fsp3) is 0.182. The van der Waals surface area contributed by atoms with E-state index < -0.39 is 12.0 Å². The van der Waals surface area contributed by atoms with Crippen LogP contribution in [0.1, 0.15) is 38.7 Å². The van der Waals surface area contributed by atoms with Gasteiger partial charge in [-0.15, -0.1) is 0 Å². The number of nitrogens with two attached hydrogens (primary N) is 1. The summed E-state index contributed by atoms with van der Waals surface area (Å²) in [4.78, 5) is 25.2. The van der Waals surface area contributed by atoms with Crippen molar-refractivity contribution in [3.63, 3.8) is 0 Å². The monoisotopic (exact) mass is 582 g/mol. The second kappa shape index (κ2) is 14.4. The number of hydrogen-bond acceptors (Lipinski definition) is 7. The standard InChI is InChI=1S/C33H34N4O6/c1-41-28-18-26(27(19-29(28)42-2)43-16-15-21-9-6-10-24(17-21)33(39)40)30(32(38)36-20-22-7-4-3-5-8-22)37-25-13-11-23(12-14-25)31(34)35/h3-14,17-19,30,37H,15-16,20H2,1-2H3,(H3,34,35)(H,36,38)(H,39,40). The average molecular weight is 583 g/mol. The van der Waals surface area contributed by atoms with Crippen LogP contribution < -0.4 is 30.6 Å². The minimum Gasteiger partial charge on any atom is -0.493 e. The molecule has 43 heavy (non-hydrogen) atoms. The topological polar surface area (TPSA) is 156 Å². The molecule has 4 rings (SSSR count). The Morgan fingerprint density at radius 2 is 1.51 bits per heavy atom. The first-order valence-corrected chi connectivity index (χ1v) is 13.5. The van der Waals surface area contributed by atoms with Gasteiger partial charge in [0.05, 0.1) is 26.4 Å². The van der Waals surface area contributed by atoms with Crippen LogP contribution in [0.5, 0.6) is 17.2 Å². The first-order chi connectivity index (χ1) is 20.8. The molecular formula is C33H34N4O6. The highest BCUT2D eigenvalue weighted by Gasteiger charge is 2.27. The predicted molar refractivity (Wildman–Crippen MR) is 164 cm³/mol. The van der Waals surface area contributed by atoms with Crippen molar-refractivity contribution in [3.8, 4) is 17.2 Å². The van der Waals surface area contributed by atoms with Crippen LogP contribution in [0, 0.1) is 5.41 Å². The number of ether oxygens (including phenoxy) is 3. The molecular weight excluding hydrogens is 548 g/mol. The van der Waals surface area contributed by atoms with Gasteiger partial charge in [0.2, 0.25) is 5.91 Å². The van der Waals surface area contributed by atoms with E-state index in [0.29, 0.717) is 47.0 Å². The summed E-state index contributed by atoms with van der Waals surface area (Å²) in [5, 5.41) is 23.3. The second-order valence-corrected chi connectivity index (χ2v) is 9.62. The van der Waals surface area contributed by atoms with Gasteiger partial charge in [0.1, 0.15) is 17.6 Å². The molecule has 0 aliphatic rings. The number of amidine groups is 1. The maximum Gasteiger partial charge on any atom is 0.335 e. The summed E-state index contributed by atoms with van der Waals surface area (Å²) in [6.07, 6.45) is 0.430. The number of nitrogen functional groups attached to an aromatic ring is 1. The molecule has 0 radical (unpaired) electrons. The summed E-state index contributed by atoms with van der Waals surface area (Å²) in [5.74, 6) is -0.160. The van der Waals surface area contributed by atoms with Crippen molar-refractivity contribution in [2.75, 3.05) is 26.1 Å². The number of methoxy groups -OCH3 is 2. The van der Waals surface area contributed by atoms with Crippen molar-refractivity contribution in [1.82, 2.24) is 5.32 Å². The van der Waals surface area contributed by atoms with Gasteiger partial charge in [-0.1, -0.05) is 42.5 Å². The smallest absolute Gasteiger partial charge is 0.335 e. The van der Waals surface area contributed by atoms with E-state index in [4.69, 9.17) is 25.4 Å². The zero-order valence-corrected chi connectivity index (χ0v) is 23.9. The molecule has 0 aliphatic heterocycles. The van der Waals surface area contributed by atoms with E-state index in [1.54, 1.807) is 48.5 Å². The highest BCUT2D eigenvalue weighted by molar-refractivity contribution is 5.95. The minimum atomic E-state index is -1.00. The third kappa shape index (κ3) is 8.04. The van der Waals surface area contributed by atoms with E-state index in [-0.39, 0.29) is 23.9 Å². The maximum absolute atomic E-state index is 13.8. The number of nitrogens with one attached hydrogen (secondary N) is 3. The molecule has 222 valence electrons. The number of carbonyl (C=O) groups is 2. The lowest BCUT2D eigenvalue weighted by Crippen LogP contribution is -2.33. The molecule has 4 aromatic carbocycles. The average Bonchev–Trinajstić information content (AvgIpc) is 3.03. The summed E-state index contributed by atoms with van der Waals surface area (Å²) in [6, 6.07) is 25.5. The maximum atomic E-state index is 13.8. The zero-order chi connectivity index (χ0) is 30.8. The number of carbonyl (C=O) groups excluding carboxylic acids is 1. The van der Waals surface area contributed by atoms with Gasteiger partial charge < -0.3 is 35.7 Å². The van der Waals surface area contributed by atoms with Gasteiger partial charge in [-0.05, 0) is 53.6 Å². The van der Waals surface area contributed by atoms with Crippen LogP contribution >= 0.6 is 0 Å². The molecule has 0 spiro atoms. The summed E-state index contributed by atoms with van der Waals surface area (Å²) >= 11 is 0. The van der Waals surface area contributed by atoms with Crippen molar-refractivity contribution >= 4 is 23.4 Å². The van der Waals surface area contributed by atoms with Crippen molar-refractivity contribution in [3.05, 3.63) is 119 Å². The van der Waals surface area contributed by atoms with Crippen LogP contribution in [0.15, 0.2) is 91.0 Å². The highest BCUT2D eigenvalue weighted by atomic mass is 16.5. The number of carboxylic acids is 1. The van der Waals surface area contributed by atoms with Crippen molar-refractivity contribution in [1.29, 1.82) is 5.41 Å². The van der Waals surface area contributed by atoms with Gasteiger partial charge in [0.15, 0.2) is 11.5 Å². The third-order valence-electron chi connectivity index (χ3n) is 6.73. The Hall–Kier alpha value is -5.51. The minimum absolute atomic E-state index is 0.0619. The molecule has 0 bridgehead atoms. The zero-order valence-electron chi connectivity index (χ0n) is 23.9. The van der Waals surface area contributed by atoms with E-state index in [1.807, 2.05) is 36.4 Å². The summed E-state index contributed by atoms with van der Waals surface area (Å²) in [7, 11) is 3.02. The van der Waals surface area contributed by atoms with Gasteiger partial charge in [-0.2, -0.15) is 0 Å². The number of carboxylic acid groups (broad SMARTS) is 1. The molecule has 0 aromatic heterocycles. The number of rotatable bonds is 14. The van der Waals surface area contributed by atoms with Crippen LogP contribution in [-0.4, -0.2) is 43.6 Å². The largest absolute Gasteiger partial charge is 0.493 e. The molecule has 10 heteroatoms. The Morgan fingerprint density at radius 3 is 2.16 bits per heavy atom. The normalized spacial score (nSPS) is 11.2. The molecule has 4 aromatic rings. The van der Waals surface area contributed by atoms with E-state index in [1.165, 1.54) is 20.3 Å². The van der Waals surface area contributed by atoms with Crippen LogP contribution in [0.4, 0.5) is 5.69 Å². The van der Waals surface area contributed by atoms with Gasteiger partial charge >= 0.3 is 5.97 Å². The first kappa shape index (κ1) is 30.4. The number of benzene rings is 4. The van der Waals surface area contributed by atoms with Gasteiger partial charge in [-0.25, -0.2) is 4.79 Å². The SMILES string of the molecule is COc1cc(OCCc2cccc(C(=O)O)c2)c(C(Nc2ccc(C(=N)N)cc2)C(=O)NCc2ccccc2)cc1OC. The van der Waals surface area contributed by atoms with Crippen LogP contribution in [0.3, 0.4) is 0 Å². The highest BCUT2D eigenvalue weighted by Crippen LogP contribution is 2.39. The third-order valence-corrected chi connectivity index (χ3v) is 6.73. The van der Waals surface area contributed by atoms with Crippen molar-refractivity contribution in [2.24, 2.45) is 5.73 Å². The van der Waals surface area contributed by atoms with Crippen molar-refractivity contribution < 1.29 is 28.9 Å². The van der Waals surface area contributed by atoms with E-state index >= 15 is 0 Å². The molecule has 0 saturated heterocycles. The Labute approximate surface area is 249 Å². The molecule has 0 heterocycles. The second-order valence-electron chi connectivity index (χ2n) is 9.62. The molecule has 6 N–H and O–H groups in total. The number of amides is 1. The fourth-order valence-electron chi connectivity index (χ4n) is 4.45. The number of aromatic carboxylic acids is 1. The Morgan fingerprint density at radius 1 is 0.837 bits per heavy atom. The van der Waals surface area contributed by atoms with Crippen LogP contribution in [0.2, 0.25) is 0 Å². The fourth-order valence-corrected chi connectivity index (χ4v) is 4.45. The lowest BCUT2D eigenvalue weighted by atomic mass is 10.0. The number of hydrogen-bond donors (Lipinski definition) is 5. The molecule has 10 nitrogen and oxygen atoms in total. The van der Waals surface area contributed by atoms with Crippen LogP contribution in [-0.2, 0) is 17.8 Å². The quantitative estimate of drug-likeness (QED) is 0.105. The van der Waals surface area contributed by atoms with E-state index in [2.05, 4.69) is 10.6 Å².